The third kappa shape index (κ3) is 4.26. The summed E-state index contributed by atoms with van der Waals surface area (Å²) in [4.78, 5) is 2.43. The summed E-state index contributed by atoms with van der Waals surface area (Å²) < 4.78 is 5.86. The van der Waals surface area contributed by atoms with Crippen LogP contribution in [0.3, 0.4) is 0 Å². The molecule has 1 aliphatic heterocycles. The summed E-state index contributed by atoms with van der Waals surface area (Å²) in [5.41, 5.74) is 12.8. The van der Waals surface area contributed by atoms with Crippen LogP contribution in [0.25, 0.3) is 0 Å². The molecule has 0 spiro atoms. The van der Waals surface area contributed by atoms with Crippen LogP contribution in [0.2, 0.25) is 0 Å². The van der Waals surface area contributed by atoms with Gasteiger partial charge in [0.05, 0.1) is 12.2 Å². The van der Waals surface area contributed by atoms with Gasteiger partial charge < -0.3 is 20.7 Å². The molecule has 0 radical (unpaired) electrons. The first-order valence-electron chi connectivity index (χ1n) is 9.02. The maximum atomic E-state index is 5.86. The number of ether oxygens (including phenoxy) is 1. The van der Waals surface area contributed by atoms with E-state index < -0.39 is 0 Å². The Morgan fingerprint density at radius 3 is 2.16 bits per heavy atom. The number of morpholine rings is 1. The van der Waals surface area contributed by atoms with Gasteiger partial charge in [0.25, 0.3) is 0 Å². The summed E-state index contributed by atoms with van der Waals surface area (Å²) in [7, 11) is 0. The number of hydrogen-bond acceptors (Lipinski definition) is 4. The zero-order chi connectivity index (χ0) is 18.0. The summed E-state index contributed by atoms with van der Waals surface area (Å²) in [5, 5.41) is 3.58. The van der Waals surface area contributed by atoms with Gasteiger partial charge in [-0.05, 0) is 68.7 Å². The van der Waals surface area contributed by atoms with Crippen LogP contribution >= 0.6 is 0 Å². The molecule has 1 aliphatic rings. The van der Waals surface area contributed by atoms with Gasteiger partial charge in [0.15, 0.2) is 0 Å². The largest absolute Gasteiger partial charge is 0.399 e. The first-order valence-corrected chi connectivity index (χ1v) is 9.02. The van der Waals surface area contributed by atoms with E-state index in [0.29, 0.717) is 0 Å². The van der Waals surface area contributed by atoms with Gasteiger partial charge in [-0.15, -0.1) is 0 Å². The van der Waals surface area contributed by atoms with E-state index in [1.807, 2.05) is 12.1 Å². The van der Waals surface area contributed by atoms with Crippen LogP contribution in [0.5, 0.6) is 0 Å². The zero-order valence-corrected chi connectivity index (χ0v) is 15.7. The van der Waals surface area contributed by atoms with Crippen molar-refractivity contribution in [3.05, 3.63) is 53.1 Å². The molecule has 134 valence electrons. The van der Waals surface area contributed by atoms with Gasteiger partial charge in [-0.1, -0.05) is 12.1 Å². The fourth-order valence-electron chi connectivity index (χ4n) is 3.62. The first kappa shape index (κ1) is 17.6. The summed E-state index contributed by atoms with van der Waals surface area (Å²) in [6.07, 6.45) is 0.542. The SMILES string of the molecule is Cc1cc(N2C[C@@H](C)O[C@@H](C)C2)cc(C)c1NCc1ccc(N)cc1. The van der Waals surface area contributed by atoms with Crippen LogP contribution in [0.4, 0.5) is 17.1 Å². The first-order chi connectivity index (χ1) is 11.9. The number of benzene rings is 2. The van der Waals surface area contributed by atoms with E-state index in [9.17, 15) is 0 Å². The lowest BCUT2D eigenvalue weighted by atomic mass is 10.1. The molecule has 2 aromatic carbocycles. The molecule has 25 heavy (non-hydrogen) atoms. The fourth-order valence-corrected chi connectivity index (χ4v) is 3.62. The minimum Gasteiger partial charge on any atom is -0.399 e. The Kier molecular flexibility index (Phi) is 5.19. The average Bonchev–Trinajstić information content (AvgIpc) is 2.54. The monoisotopic (exact) mass is 339 g/mol. The highest BCUT2D eigenvalue weighted by atomic mass is 16.5. The van der Waals surface area contributed by atoms with Crippen LogP contribution < -0.4 is 16.0 Å². The molecule has 4 nitrogen and oxygen atoms in total. The molecule has 0 saturated carbocycles. The van der Waals surface area contributed by atoms with Crippen molar-refractivity contribution < 1.29 is 4.74 Å². The predicted octanol–water partition coefficient (Wildman–Crippen LogP) is 4.11. The maximum Gasteiger partial charge on any atom is 0.0726 e. The van der Waals surface area contributed by atoms with Gasteiger partial charge in [0.1, 0.15) is 0 Å². The lowest BCUT2D eigenvalue weighted by Crippen LogP contribution is -2.45. The molecule has 0 unspecified atom stereocenters. The molecule has 0 aliphatic carbocycles. The number of aryl methyl sites for hydroxylation is 2. The number of nitrogens with zero attached hydrogens (tertiary/aromatic N) is 1. The molecule has 4 heteroatoms. The van der Waals surface area contributed by atoms with Crippen molar-refractivity contribution in [3.63, 3.8) is 0 Å². The van der Waals surface area contributed by atoms with E-state index >= 15 is 0 Å². The van der Waals surface area contributed by atoms with E-state index in [2.05, 4.69) is 62.2 Å². The van der Waals surface area contributed by atoms with E-state index in [0.717, 1.165) is 25.3 Å². The third-order valence-corrected chi connectivity index (χ3v) is 4.75. The van der Waals surface area contributed by atoms with Crippen molar-refractivity contribution in [3.8, 4) is 0 Å². The molecule has 2 atom stereocenters. The quantitative estimate of drug-likeness (QED) is 0.823. The van der Waals surface area contributed by atoms with Crippen molar-refractivity contribution in [2.45, 2.75) is 46.4 Å². The number of hydrogen-bond donors (Lipinski definition) is 2. The Morgan fingerprint density at radius 2 is 1.60 bits per heavy atom. The molecule has 1 fully saturated rings. The number of nitrogen functional groups attached to an aromatic ring is 1. The van der Waals surface area contributed by atoms with Gasteiger partial charge in [0.2, 0.25) is 0 Å². The van der Waals surface area contributed by atoms with Crippen LogP contribution in [-0.4, -0.2) is 25.3 Å². The van der Waals surface area contributed by atoms with Crippen LogP contribution in [-0.2, 0) is 11.3 Å². The molecule has 3 N–H and O–H groups in total. The Labute approximate surface area is 151 Å². The standard InChI is InChI=1S/C21H29N3O/c1-14-9-20(24-12-16(3)25-17(4)13-24)10-15(2)21(14)23-11-18-5-7-19(22)8-6-18/h5-10,16-17,23H,11-13,22H2,1-4H3/t16-,17+. The lowest BCUT2D eigenvalue weighted by Gasteiger charge is -2.37. The molecule has 0 aromatic heterocycles. The second-order valence-corrected chi connectivity index (χ2v) is 7.21. The van der Waals surface area contributed by atoms with Gasteiger partial charge in [-0.3, -0.25) is 0 Å². The minimum atomic E-state index is 0.271. The van der Waals surface area contributed by atoms with Crippen molar-refractivity contribution in [2.24, 2.45) is 0 Å². The van der Waals surface area contributed by atoms with E-state index in [1.165, 1.54) is 28.1 Å². The lowest BCUT2D eigenvalue weighted by molar-refractivity contribution is -0.00522. The summed E-state index contributed by atoms with van der Waals surface area (Å²) in [6.45, 7) is 11.3. The Morgan fingerprint density at radius 1 is 1.04 bits per heavy atom. The molecule has 3 rings (SSSR count). The van der Waals surface area contributed by atoms with Gasteiger partial charge >= 0.3 is 0 Å². The van der Waals surface area contributed by atoms with E-state index in [1.54, 1.807) is 0 Å². The third-order valence-electron chi connectivity index (χ3n) is 4.75. The number of anilines is 3. The number of rotatable bonds is 4. The fraction of sp³-hybridized carbons (Fsp3) is 0.429. The Hall–Kier alpha value is -2.20. The Balaban J connectivity index is 1.74. The van der Waals surface area contributed by atoms with Gasteiger partial charge in [-0.2, -0.15) is 0 Å². The molecule has 2 aromatic rings. The molecule has 0 bridgehead atoms. The van der Waals surface area contributed by atoms with Crippen molar-refractivity contribution in [2.75, 3.05) is 29.0 Å². The topological polar surface area (TPSA) is 50.5 Å². The highest BCUT2D eigenvalue weighted by Crippen LogP contribution is 2.29. The van der Waals surface area contributed by atoms with Crippen molar-refractivity contribution in [1.29, 1.82) is 0 Å². The minimum absolute atomic E-state index is 0.271. The smallest absolute Gasteiger partial charge is 0.0726 e. The summed E-state index contributed by atoms with van der Waals surface area (Å²) in [6, 6.07) is 12.6. The van der Waals surface area contributed by atoms with Crippen molar-refractivity contribution in [1.82, 2.24) is 0 Å². The summed E-state index contributed by atoms with van der Waals surface area (Å²) >= 11 is 0. The van der Waals surface area contributed by atoms with Gasteiger partial charge in [-0.25, -0.2) is 0 Å². The van der Waals surface area contributed by atoms with Crippen LogP contribution in [0, 0.1) is 13.8 Å². The maximum absolute atomic E-state index is 5.86. The normalized spacial score (nSPS) is 20.6. The average molecular weight is 339 g/mol. The number of nitrogens with one attached hydrogen (secondary N) is 1. The number of nitrogens with two attached hydrogens (primary N) is 1. The zero-order valence-electron chi connectivity index (χ0n) is 15.7. The highest BCUT2D eigenvalue weighted by Gasteiger charge is 2.23. The van der Waals surface area contributed by atoms with Crippen LogP contribution in [0.1, 0.15) is 30.5 Å². The van der Waals surface area contributed by atoms with Crippen LogP contribution in [0.15, 0.2) is 36.4 Å². The molecule has 1 saturated heterocycles. The Bertz CT molecular complexity index is 693. The second kappa shape index (κ2) is 7.36. The van der Waals surface area contributed by atoms with E-state index in [4.69, 9.17) is 10.5 Å². The molecule has 0 amide bonds. The van der Waals surface area contributed by atoms with Crippen molar-refractivity contribution >= 4 is 17.1 Å². The van der Waals surface area contributed by atoms with E-state index in [-0.39, 0.29) is 12.2 Å². The molecule has 1 heterocycles. The molecular formula is C21H29N3O. The second-order valence-electron chi connectivity index (χ2n) is 7.21. The van der Waals surface area contributed by atoms with Gasteiger partial charge in [0, 0.05) is 36.7 Å². The molecular weight excluding hydrogens is 310 g/mol. The summed E-state index contributed by atoms with van der Waals surface area (Å²) in [5.74, 6) is 0. The highest BCUT2D eigenvalue weighted by molar-refractivity contribution is 5.65. The predicted molar refractivity (Wildman–Crippen MR) is 106 cm³/mol.